The van der Waals surface area contributed by atoms with Gasteiger partial charge in [0.1, 0.15) is 0 Å². The van der Waals surface area contributed by atoms with Crippen molar-refractivity contribution in [2.75, 3.05) is 30.3 Å². The molecule has 1 fully saturated rings. The van der Waals surface area contributed by atoms with Crippen LogP contribution >= 0.6 is 11.8 Å². The molecule has 1 saturated heterocycles. The van der Waals surface area contributed by atoms with E-state index in [4.69, 9.17) is 0 Å². The van der Waals surface area contributed by atoms with Crippen LogP contribution in [0.3, 0.4) is 0 Å². The molecular weight excluding hydrogens is 206 g/mol. The van der Waals surface area contributed by atoms with Gasteiger partial charge in [0, 0.05) is 13.1 Å². The quantitative estimate of drug-likeness (QED) is 0.657. The topological polar surface area (TPSA) is 37.4 Å². The Labute approximate surface area is 84.9 Å². The maximum Gasteiger partial charge on any atom is 0.214 e. The first-order valence-electron chi connectivity index (χ1n) is 4.72. The predicted molar refractivity (Wildman–Crippen MR) is 57.6 cm³/mol. The number of rotatable bonds is 5. The normalized spacial score (nSPS) is 22.2. The fourth-order valence-electron chi connectivity index (χ4n) is 1.43. The SMILES string of the molecule is CCSCCCN1CCCS1(=O)=O. The molecule has 0 N–H and O–H groups in total. The Balaban J connectivity index is 2.22. The molecule has 1 heterocycles. The fraction of sp³-hybridized carbons (Fsp3) is 1.00. The van der Waals surface area contributed by atoms with E-state index in [1.165, 1.54) is 0 Å². The fourth-order valence-corrected chi connectivity index (χ4v) is 3.62. The number of hydrogen-bond acceptors (Lipinski definition) is 3. The molecule has 1 aliphatic rings. The van der Waals surface area contributed by atoms with E-state index in [0.29, 0.717) is 5.75 Å². The smallest absolute Gasteiger partial charge is 0.212 e. The van der Waals surface area contributed by atoms with Crippen LogP contribution in [0.1, 0.15) is 19.8 Å². The minimum absolute atomic E-state index is 0.355. The Kier molecular flexibility index (Phi) is 4.55. The maximum atomic E-state index is 11.3. The molecule has 1 rings (SSSR count). The van der Waals surface area contributed by atoms with E-state index in [2.05, 4.69) is 6.92 Å². The van der Waals surface area contributed by atoms with E-state index >= 15 is 0 Å². The molecule has 0 bridgehead atoms. The molecule has 0 spiro atoms. The number of sulfonamides is 1. The molecule has 5 heteroatoms. The molecule has 0 unspecified atom stereocenters. The van der Waals surface area contributed by atoms with Gasteiger partial charge in [-0.15, -0.1) is 0 Å². The van der Waals surface area contributed by atoms with E-state index in [-0.39, 0.29) is 0 Å². The van der Waals surface area contributed by atoms with Crippen molar-refractivity contribution in [2.45, 2.75) is 19.8 Å². The molecule has 1 aliphatic heterocycles. The van der Waals surface area contributed by atoms with Crippen LogP contribution in [0.4, 0.5) is 0 Å². The molecule has 0 amide bonds. The van der Waals surface area contributed by atoms with Crippen molar-refractivity contribution in [3.8, 4) is 0 Å². The first-order chi connectivity index (χ1) is 6.17. The van der Waals surface area contributed by atoms with E-state index in [1.54, 1.807) is 4.31 Å². The standard InChI is InChI=1S/C8H17NO2S2/c1-2-12-7-3-5-9-6-4-8-13(9,10)11/h2-8H2,1H3. The van der Waals surface area contributed by atoms with Crippen LogP contribution in [0.5, 0.6) is 0 Å². The second kappa shape index (κ2) is 5.22. The van der Waals surface area contributed by atoms with Gasteiger partial charge in [-0.25, -0.2) is 12.7 Å². The van der Waals surface area contributed by atoms with Crippen LogP contribution in [-0.4, -0.2) is 43.1 Å². The lowest BCUT2D eigenvalue weighted by atomic mass is 10.4. The second-order valence-corrected chi connectivity index (χ2v) is 6.60. The molecular formula is C8H17NO2S2. The summed E-state index contributed by atoms with van der Waals surface area (Å²) in [6, 6.07) is 0. The third kappa shape index (κ3) is 3.48. The van der Waals surface area contributed by atoms with Crippen LogP contribution in [0.15, 0.2) is 0 Å². The van der Waals surface area contributed by atoms with Crippen molar-refractivity contribution in [3.63, 3.8) is 0 Å². The summed E-state index contributed by atoms with van der Waals surface area (Å²) >= 11 is 1.87. The first kappa shape index (κ1) is 11.3. The third-order valence-electron chi connectivity index (χ3n) is 2.10. The van der Waals surface area contributed by atoms with Crippen LogP contribution in [0, 0.1) is 0 Å². The van der Waals surface area contributed by atoms with Crippen LogP contribution in [0.25, 0.3) is 0 Å². The van der Waals surface area contributed by atoms with Crippen LogP contribution in [0.2, 0.25) is 0 Å². The minimum Gasteiger partial charge on any atom is -0.212 e. The van der Waals surface area contributed by atoms with Gasteiger partial charge in [0.2, 0.25) is 10.0 Å². The Morgan fingerprint density at radius 1 is 1.46 bits per heavy atom. The molecule has 0 aromatic carbocycles. The highest BCUT2D eigenvalue weighted by molar-refractivity contribution is 7.99. The van der Waals surface area contributed by atoms with Gasteiger partial charge in [0.05, 0.1) is 5.75 Å². The van der Waals surface area contributed by atoms with Crippen LogP contribution in [-0.2, 0) is 10.0 Å². The highest BCUT2D eigenvalue weighted by Crippen LogP contribution is 2.14. The van der Waals surface area contributed by atoms with Crippen molar-refractivity contribution in [1.29, 1.82) is 0 Å². The van der Waals surface area contributed by atoms with Gasteiger partial charge in [-0.2, -0.15) is 11.8 Å². The zero-order valence-corrected chi connectivity index (χ0v) is 9.66. The Hall–Kier alpha value is 0.260. The summed E-state index contributed by atoms with van der Waals surface area (Å²) in [5, 5.41) is 0. The van der Waals surface area contributed by atoms with Crippen LogP contribution < -0.4 is 0 Å². The lowest BCUT2D eigenvalue weighted by molar-refractivity contribution is 0.444. The summed E-state index contributed by atoms with van der Waals surface area (Å²) < 4.78 is 24.3. The minimum atomic E-state index is -2.85. The highest BCUT2D eigenvalue weighted by atomic mass is 32.2. The van der Waals surface area contributed by atoms with E-state index in [1.807, 2.05) is 11.8 Å². The van der Waals surface area contributed by atoms with Gasteiger partial charge in [-0.1, -0.05) is 6.92 Å². The van der Waals surface area contributed by atoms with Gasteiger partial charge in [0.25, 0.3) is 0 Å². The first-order valence-corrected chi connectivity index (χ1v) is 7.49. The van der Waals surface area contributed by atoms with Crippen molar-refractivity contribution in [3.05, 3.63) is 0 Å². The Bertz CT molecular complexity index is 239. The lowest BCUT2D eigenvalue weighted by Crippen LogP contribution is -2.27. The Morgan fingerprint density at radius 2 is 2.23 bits per heavy atom. The van der Waals surface area contributed by atoms with Crippen molar-refractivity contribution in [2.24, 2.45) is 0 Å². The Morgan fingerprint density at radius 3 is 2.77 bits per heavy atom. The molecule has 0 aromatic rings. The molecule has 0 aromatic heterocycles. The zero-order chi connectivity index (χ0) is 9.73. The summed E-state index contributed by atoms with van der Waals surface area (Å²) in [5.41, 5.74) is 0. The highest BCUT2D eigenvalue weighted by Gasteiger charge is 2.26. The summed E-state index contributed by atoms with van der Waals surface area (Å²) in [6.07, 6.45) is 1.79. The van der Waals surface area contributed by atoms with Gasteiger partial charge >= 0.3 is 0 Å². The molecule has 0 saturated carbocycles. The monoisotopic (exact) mass is 223 g/mol. The average molecular weight is 223 g/mol. The van der Waals surface area contributed by atoms with Crippen molar-refractivity contribution < 1.29 is 8.42 Å². The van der Waals surface area contributed by atoms with E-state index in [9.17, 15) is 8.42 Å². The zero-order valence-electron chi connectivity index (χ0n) is 8.03. The van der Waals surface area contributed by atoms with E-state index in [0.717, 1.165) is 37.4 Å². The summed E-state index contributed by atoms with van der Waals surface area (Å²) in [7, 11) is -2.85. The number of hydrogen-bond donors (Lipinski definition) is 0. The van der Waals surface area contributed by atoms with Gasteiger partial charge < -0.3 is 0 Å². The molecule has 0 aliphatic carbocycles. The summed E-state index contributed by atoms with van der Waals surface area (Å²) in [5.74, 6) is 2.54. The molecule has 0 radical (unpaired) electrons. The number of thioether (sulfide) groups is 1. The van der Waals surface area contributed by atoms with E-state index < -0.39 is 10.0 Å². The maximum absolute atomic E-state index is 11.3. The second-order valence-electron chi connectivity index (χ2n) is 3.12. The van der Waals surface area contributed by atoms with Crippen molar-refractivity contribution >= 4 is 21.8 Å². The number of nitrogens with zero attached hydrogens (tertiary/aromatic N) is 1. The molecule has 0 atom stereocenters. The largest absolute Gasteiger partial charge is 0.214 e. The summed E-state index contributed by atoms with van der Waals surface area (Å²) in [4.78, 5) is 0. The predicted octanol–water partition coefficient (Wildman–Crippen LogP) is 1.17. The summed E-state index contributed by atoms with van der Waals surface area (Å²) in [6.45, 7) is 3.58. The van der Waals surface area contributed by atoms with Gasteiger partial charge in [-0.3, -0.25) is 0 Å². The van der Waals surface area contributed by atoms with Crippen molar-refractivity contribution in [1.82, 2.24) is 4.31 Å². The molecule has 13 heavy (non-hydrogen) atoms. The van der Waals surface area contributed by atoms with Gasteiger partial charge in [0.15, 0.2) is 0 Å². The average Bonchev–Trinajstić information content (AvgIpc) is 2.40. The lowest BCUT2D eigenvalue weighted by Gasteiger charge is -2.13. The molecule has 78 valence electrons. The molecule has 3 nitrogen and oxygen atoms in total. The third-order valence-corrected chi connectivity index (χ3v) is 5.05. The van der Waals surface area contributed by atoms with Gasteiger partial charge in [-0.05, 0) is 24.3 Å².